The summed E-state index contributed by atoms with van der Waals surface area (Å²) in [7, 11) is -1.36. The summed E-state index contributed by atoms with van der Waals surface area (Å²) in [6, 6.07) is 6.85. The molecule has 0 aliphatic carbocycles. The quantitative estimate of drug-likeness (QED) is 0.882. The highest BCUT2D eigenvalue weighted by Gasteiger charge is 2.36. The first kappa shape index (κ1) is 14.0. The van der Waals surface area contributed by atoms with E-state index in [-0.39, 0.29) is 18.2 Å². The van der Waals surface area contributed by atoms with E-state index in [0.717, 1.165) is 5.56 Å². The molecule has 1 aromatic carbocycles. The van der Waals surface area contributed by atoms with Crippen molar-refractivity contribution in [1.29, 1.82) is 0 Å². The standard InChI is InChI=1S/C13H17NO4S/c1-14(8-4-7-13(15)16)11-9-19(17,18)12-6-3-2-5-10(11)12/h2-3,5-6,11H,4,7-9H2,1H3,(H,15,16). The Morgan fingerprint density at radius 2 is 2.11 bits per heavy atom. The summed E-state index contributed by atoms with van der Waals surface area (Å²) in [4.78, 5) is 12.8. The van der Waals surface area contributed by atoms with Crippen LogP contribution in [-0.2, 0) is 14.6 Å². The molecule has 6 heteroatoms. The molecule has 0 spiro atoms. The van der Waals surface area contributed by atoms with E-state index in [2.05, 4.69) is 0 Å². The van der Waals surface area contributed by atoms with Crippen LogP contribution in [0.2, 0.25) is 0 Å². The fraction of sp³-hybridized carbons (Fsp3) is 0.462. The van der Waals surface area contributed by atoms with E-state index in [1.54, 1.807) is 12.1 Å². The van der Waals surface area contributed by atoms with Crippen molar-refractivity contribution in [1.82, 2.24) is 4.90 Å². The van der Waals surface area contributed by atoms with Gasteiger partial charge in [-0.25, -0.2) is 8.42 Å². The molecule has 0 saturated heterocycles. The van der Waals surface area contributed by atoms with Crippen LogP contribution < -0.4 is 0 Å². The van der Waals surface area contributed by atoms with E-state index in [1.165, 1.54) is 0 Å². The van der Waals surface area contributed by atoms with E-state index in [9.17, 15) is 13.2 Å². The van der Waals surface area contributed by atoms with Gasteiger partial charge in [-0.2, -0.15) is 0 Å². The number of hydrogen-bond donors (Lipinski definition) is 1. The lowest BCUT2D eigenvalue weighted by Crippen LogP contribution is -2.27. The number of carboxylic acid groups (broad SMARTS) is 1. The Morgan fingerprint density at radius 1 is 1.42 bits per heavy atom. The second-order valence-electron chi connectivity index (χ2n) is 4.81. The molecule has 2 rings (SSSR count). The van der Waals surface area contributed by atoms with Crippen LogP contribution in [0.4, 0.5) is 0 Å². The lowest BCUT2D eigenvalue weighted by atomic mass is 10.1. The van der Waals surface area contributed by atoms with Gasteiger partial charge in [-0.1, -0.05) is 18.2 Å². The predicted molar refractivity (Wildman–Crippen MR) is 70.7 cm³/mol. The largest absolute Gasteiger partial charge is 0.481 e. The van der Waals surface area contributed by atoms with E-state index in [0.29, 0.717) is 17.9 Å². The fourth-order valence-electron chi connectivity index (χ4n) is 2.43. The maximum atomic E-state index is 12.0. The number of sulfone groups is 1. The fourth-order valence-corrected chi connectivity index (χ4v) is 4.30. The average molecular weight is 283 g/mol. The number of fused-ring (bicyclic) bond motifs is 1. The molecule has 1 aromatic rings. The van der Waals surface area contributed by atoms with Crippen molar-refractivity contribution in [3.8, 4) is 0 Å². The Kier molecular flexibility index (Phi) is 3.91. The number of rotatable bonds is 5. The molecule has 0 aromatic heterocycles. The molecule has 19 heavy (non-hydrogen) atoms. The highest BCUT2D eigenvalue weighted by atomic mass is 32.2. The molecule has 1 aliphatic heterocycles. The monoisotopic (exact) mass is 283 g/mol. The third-order valence-corrected chi connectivity index (χ3v) is 5.22. The van der Waals surface area contributed by atoms with Crippen LogP contribution in [0.25, 0.3) is 0 Å². The third-order valence-electron chi connectivity index (χ3n) is 3.42. The summed E-state index contributed by atoms with van der Waals surface area (Å²) >= 11 is 0. The second kappa shape index (κ2) is 5.30. The number of benzene rings is 1. The van der Waals surface area contributed by atoms with Gasteiger partial charge in [-0.3, -0.25) is 9.69 Å². The normalized spacial score (nSPS) is 20.4. The first-order valence-corrected chi connectivity index (χ1v) is 7.81. The second-order valence-corrected chi connectivity index (χ2v) is 6.82. The molecule has 0 radical (unpaired) electrons. The van der Waals surface area contributed by atoms with Crippen LogP contribution >= 0.6 is 0 Å². The number of aliphatic carboxylic acids is 1. The van der Waals surface area contributed by atoms with Crippen molar-refractivity contribution in [2.24, 2.45) is 0 Å². The molecule has 1 unspecified atom stereocenters. The molecule has 1 heterocycles. The minimum absolute atomic E-state index is 0.0793. The maximum absolute atomic E-state index is 12.0. The van der Waals surface area contributed by atoms with Gasteiger partial charge in [0.25, 0.3) is 0 Å². The van der Waals surface area contributed by atoms with Crippen molar-refractivity contribution in [3.05, 3.63) is 29.8 Å². The molecule has 1 aliphatic rings. The number of carboxylic acids is 1. The Labute approximate surface area is 112 Å². The SMILES string of the molecule is CN(CCCC(=O)O)C1CS(=O)(=O)c2ccccc21. The van der Waals surface area contributed by atoms with Crippen LogP contribution in [0.5, 0.6) is 0 Å². The zero-order valence-corrected chi connectivity index (χ0v) is 11.6. The van der Waals surface area contributed by atoms with Crippen molar-refractivity contribution in [2.75, 3.05) is 19.3 Å². The zero-order valence-electron chi connectivity index (χ0n) is 10.7. The minimum atomic E-state index is -3.20. The first-order valence-electron chi connectivity index (χ1n) is 6.15. The topological polar surface area (TPSA) is 74.7 Å². The van der Waals surface area contributed by atoms with Crippen LogP contribution in [0, 0.1) is 0 Å². The van der Waals surface area contributed by atoms with Crippen LogP contribution in [0.15, 0.2) is 29.2 Å². The van der Waals surface area contributed by atoms with Gasteiger partial charge in [-0.15, -0.1) is 0 Å². The van der Waals surface area contributed by atoms with Crippen molar-refractivity contribution in [2.45, 2.75) is 23.8 Å². The third kappa shape index (κ3) is 2.96. The molecule has 1 N–H and O–H groups in total. The van der Waals surface area contributed by atoms with Crippen molar-refractivity contribution in [3.63, 3.8) is 0 Å². The molecule has 104 valence electrons. The van der Waals surface area contributed by atoms with Crippen LogP contribution in [0.3, 0.4) is 0 Å². The van der Waals surface area contributed by atoms with E-state index in [1.807, 2.05) is 24.1 Å². The van der Waals surface area contributed by atoms with Crippen molar-refractivity contribution >= 4 is 15.8 Å². The molecule has 0 saturated carbocycles. The minimum Gasteiger partial charge on any atom is -0.481 e. The lowest BCUT2D eigenvalue weighted by molar-refractivity contribution is -0.137. The summed E-state index contributed by atoms with van der Waals surface area (Å²) in [5.41, 5.74) is 0.820. The van der Waals surface area contributed by atoms with Crippen LogP contribution in [0.1, 0.15) is 24.4 Å². The molecule has 1 atom stereocenters. The highest BCUT2D eigenvalue weighted by Crippen LogP contribution is 2.36. The van der Waals surface area contributed by atoms with Gasteiger partial charge in [0, 0.05) is 6.42 Å². The van der Waals surface area contributed by atoms with Gasteiger partial charge >= 0.3 is 5.97 Å². The average Bonchev–Trinajstić information content (AvgIpc) is 2.62. The summed E-state index contributed by atoms with van der Waals surface area (Å²) in [6.07, 6.45) is 0.621. The summed E-state index contributed by atoms with van der Waals surface area (Å²) in [5, 5.41) is 8.62. The first-order chi connectivity index (χ1) is 8.92. The van der Waals surface area contributed by atoms with Gasteiger partial charge in [0.1, 0.15) is 0 Å². The molecular formula is C13H17NO4S. The van der Waals surface area contributed by atoms with Gasteiger partial charge in [0.05, 0.1) is 16.7 Å². The van der Waals surface area contributed by atoms with E-state index < -0.39 is 15.8 Å². The Balaban J connectivity index is 2.13. The van der Waals surface area contributed by atoms with E-state index in [4.69, 9.17) is 5.11 Å². The van der Waals surface area contributed by atoms with Gasteiger partial charge in [0.2, 0.25) is 0 Å². The Morgan fingerprint density at radius 3 is 2.79 bits per heavy atom. The van der Waals surface area contributed by atoms with Gasteiger partial charge < -0.3 is 5.11 Å². The summed E-state index contributed by atoms with van der Waals surface area (Å²) < 4.78 is 24.1. The van der Waals surface area contributed by atoms with Gasteiger partial charge in [-0.05, 0) is 31.6 Å². The lowest BCUT2D eigenvalue weighted by Gasteiger charge is -2.23. The number of carbonyl (C=O) groups is 1. The molecule has 0 fully saturated rings. The van der Waals surface area contributed by atoms with Crippen molar-refractivity contribution < 1.29 is 18.3 Å². The molecule has 0 bridgehead atoms. The molecular weight excluding hydrogens is 266 g/mol. The molecule has 0 amide bonds. The number of nitrogens with zero attached hydrogens (tertiary/aromatic N) is 1. The predicted octanol–water partition coefficient (Wildman–Crippen LogP) is 1.31. The maximum Gasteiger partial charge on any atom is 0.303 e. The molecule has 5 nitrogen and oxygen atoms in total. The summed E-state index contributed by atoms with van der Waals surface area (Å²) in [6.45, 7) is 0.570. The highest BCUT2D eigenvalue weighted by molar-refractivity contribution is 7.91. The van der Waals surface area contributed by atoms with E-state index >= 15 is 0 Å². The van der Waals surface area contributed by atoms with Gasteiger partial charge in [0.15, 0.2) is 9.84 Å². The smallest absolute Gasteiger partial charge is 0.303 e. The number of hydrogen-bond acceptors (Lipinski definition) is 4. The zero-order chi connectivity index (χ0) is 14.0. The Bertz CT molecular complexity index is 582. The Hall–Kier alpha value is -1.40. The van der Waals surface area contributed by atoms with Crippen LogP contribution in [-0.4, -0.2) is 43.7 Å². The summed E-state index contributed by atoms with van der Waals surface area (Å²) in [5.74, 6) is -0.747.